The van der Waals surface area contributed by atoms with E-state index >= 15 is 0 Å². The molecule has 35 heavy (non-hydrogen) atoms. The number of rotatable bonds is 10. The monoisotopic (exact) mass is 501 g/mol. The number of aliphatic hydroxyl groups is 1. The number of fused-ring (bicyclic) bond motifs is 1. The molecular weight excluding hydrogens is 466 g/mol. The molecular formula is C24H35N7O3S. The van der Waals surface area contributed by atoms with Gasteiger partial charge in [0.1, 0.15) is 0 Å². The standard InChI is InChI=1S/C24H35N7O3S/c1-4-6-15-30(3)35(33,34)20-13-9-17(10-14-20)26-22-21-23(31(5-2)16-25-21)29-24(28-22)27-18-7-11-19(32)12-8-18/h9-10,13-14,16,18-19,32H,4-8,11-12,15H2,1-3H3,(H2,26,27,28,29)/t18-,19-. The molecule has 0 radical (unpaired) electrons. The highest BCUT2D eigenvalue weighted by Gasteiger charge is 2.22. The predicted molar refractivity (Wildman–Crippen MR) is 137 cm³/mol. The van der Waals surface area contributed by atoms with E-state index in [1.165, 1.54) is 4.31 Å². The van der Waals surface area contributed by atoms with E-state index < -0.39 is 10.0 Å². The minimum Gasteiger partial charge on any atom is -0.393 e. The number of nitrogens with zero attached hydrogens (tertiary/aromatic N) is 5. The molecule has 1 fully saturated rings. The fraction of sp³-hybridized carbons (Fsp3) is 0.542. The number of imidazole rings is 1. The maximum atomic E-state index is 12.8. The average Bonchev–Trinajstić information content (AvgIpc) is 3.27. The second-order valence-corrected chi connectivity index (χ2v) is 11.1. The lowest BCUT2D eigenvalue weighted by Crippen LogP contribution is -2.29. The molecule has 11 heteroatoms. The lowest BCUT2D eigenvalue weighted by atomic mass is 9.93. The lowest BCUT2D eigenvalue weighted by Gasteiger charge is -2.26. The molecule has 1 saturated carbocycles. The van der Waals surface area contributed by atoms with Gasteiger partial charge >= 0.3 is 0 Å². The van der Waals surface area contributed by atoms with Gasteiger partial charge in [0, 0.05) is 31.9 Å². The second-order valence-electron chi connectivity index (χ2n) is 9.08. The Kier molecular flexibility index (Phi) is 7.88. The Morgan fingerprint density at radius 3 is 2.49 bits per heavy atom. The van der Waals surface area contributed by atoms with Gasteiger partial charge in [-0.25, -0.2) is 17.7 Å². The molecule has 0 amide bonds. The highest BCUT2D eigenvalue weighted by Crippen LogP contribution is 2.27. The van der Waals surface area contributed by atoms with Crippen molar-refractivity contribution >= 4 is 38.6 Å². The zero-order valence-corrected chi connectivity index (χ0v) is 21.4. The topological polar surface area (TPSA) is 125 Å². The van der Waals surface area contributed by atoms with Gasteiger partial charge in [0.2, 0.25) is 16.0 Å². The van der Waals surface area contributed by atoms with Gasteiger partial charge in [0.15, 0.2) is 17.0 Å². The van der Waals surface area contributed by atoms with Gasteiger partial charge in [0.25, 0.3) is 0 Å². The predicted octanol–water partition coefficient (Wildman–Crippen LogP) is 3.73. The normalized spacial score (nSPS) is 18.8. The summed E-state index contributed by atoms with van der Waals surface area (Å²) in [6, 6.07) is 6.89. The fourth-order valence-corrected chi connectivity index (χ4v) is 5.47. The highest BCUT2D eigenvalue weighted by molar-refractivity contribution is 7.89. The maximum Gasteiger partial charge on any atom is 0.242 e. The van der Waals surface area contributed by atoms with Crippen LogP contribution in [0, 0.1) is 0 Å². The Morgan fingerprint density at radius 2 is 1.83 bits per heavy atom. The third kappa shape index (κ3) is 5.74. The van der Waals surface area contributed by atoms with E-state index in [1.807, 2.05) is 18.4 Å². The van der Waals surface area contributed by atoms with Crippen molar-refractivity contribution in [1.82, 2.24) is 23.8 Å². The van der Waals surface area contributed by atoms with Crippen molar-refractivity contribution in [2.75, 3.05) is 24.2 Å². The molecule has 190 valence electrons. The van der Waals surface area contributed by atoms with Crippen LogP contribution < -0.4 is 10.6 Å². The zero-order valence-electron chi connectivity index (χ0n) is 20.6. The zero-order chi connectivity index (χ0) is 25.0. The summed E-state index contributed by atoms with van der Waals surface area (Å²) in [5.41, 5.74) is 2.07. The van der Waals surface area contributed by atoms with Crippen LogP contribution in [0.1, 0.15) is 52.4 Å². The number of nitrogens with one attached hydrogen (secondary N) is 2. The molecule has 2 heterocycles. The number of aromatic nitrogens is 4. The van der Waals surface area contributed by atoms with E-state index in [-0.39, 0.29) is 17.0 Å². The van der Waals surface area contributed by atoms with Crippen molar-refractivity contribution in [3.63, 3.8) is 0 Å². The number of aliphatic hydroxyl groups excluding tert-OH is 1. The quantitative estimate of drug-likeness (QED) is 0.384. The van der Waals surface area contributed by atoms with E-state index in [1.54, 1.807) is 37.6 Å². The molecule has 0 saturated heterocycles. The van der Waals surface area contributed by atoms with Crippen LogP contribution in [0.25, 0.3) is 11.2 Å². The summed E-state index contributed by atoms with van der Waals surface area (Å²) in [5, 5.41) is 16.5. The Hall–Kier alpha value is -2.76. The number of unbranched alkanes of at least 4 members (excludes halogenated alkanes) is 1. The van der Waals surface area contributed by atoms with Gasteiger partial charge in [-0.05, 0) is 63.3 Å². The molecule has 1 aliphatic rings. The van der Waals surface area contributed by atoms with Crippen LogP contribution in [0.2, 0.25) is 0 Å². The summed E-state index contributed by atoms with van der Waals surface area (Å²) in [5.74, 6) is 1.06. The maximum absolute atomic E-state index is 12.8. The van der Waals surface area contributed by atoms with Crippen LogP contribution in [0.15, 0.2) is 35.5 Å². The van der Waals surface area contributed by atoms with Crippen molar-refractivity contribution in [2.24, 2.45) is 0 Å². The molecule has 0 bridgehead atoms. The molecule has 3 aromatic rings. The number of anilines is 3. The first kappa shape index (κ1) is 25.3. The summed E-state index contributed by atoms with van der Waals surface area (Å²) < 4.78 is 29.0. The molecule has 4 rings (SSSR count). The van der Waals surface area contributed by atoms with Crippen molar-refractivity contribution in [3.8, 4) is 0 Å². The van der Waals surface area contributed by atoms with E-state index in [0.29, 0.717) is 29.5 Å². The SMILES string of the molecule is CCCCN(C)S(=O)(=O)c1ccc(Nc2nc(N[C@H]3CC[C@H](O)CC3)nc3c2ncn3CC)cc1. The highest BCUT2D eigenvalue weighted by atomic mass is 32.2. The summed E-state index contributed by atoms with van der Waals surface area (Å²) >= 11 is 0. The largest absolute Gasteiger partial charge is 0.393 e. The molecule has 0 atom stereocenters. The molecule has 0 aliphatic heterocycles. The first-order valence-electron chi connectivity index (χ1n) is 12.3. The fourth-order valence-electron chi connectivity index (χ4n) is 4.26. The van der Waals surface area contributed by atoms with E-state index in [4.69, 9.17) is 9.97 Å². The van der Waals surface area contributed by atoms with Crippen LogP contribution >= 0.6 is 0 Å². The van der Waals surface area contributed by atoms with Crippen LogP contribution in [-0.2, 0) is 16.6 Å². The van der Waals surface area contributed by atoms with Gasteiger partial charge in [-0.3, -0.25) is 0 Å². The van der Waals surface area contributed by atoms with Crippen molar-refractivity contribution in [3.05, 3.63) is 30.6 Å². The number of benzene rings is 1. The first-order chi connectivity index (χ1) is 16.8. The molecule has 2 aromatic heterocycles. The summed E-state index contributed by atoms with van der Waals surface area (Å²) in [6.45, 7) is 5.28. The summed E-state index contributed by atoms with van der Waals surface area (Å²) in [6.07, 6.45) is 6.52. The van der Waals surface area contributed by atoms with Crippen molar-refractivity contribution in [2.45, 2.75) is 76.0 Å². The lowest BCUT2D eigenvalue weighted by molar-refractivity contribution is 0.126. The van der Waals surface area contributed by atoms with E-state index in [2.05, 4.69) is 15.6 Å². The first-order valence-corrected chi connectivity index (χ1v) is 13.8. The molecule has 0 unspecified atom stereocenters. The molecule has 1 aliphatic carbocycles. The second kappa shape index (κ2) is 10.9. The Morgan fingerprint density at radius 1 is 1.11 bits per heavy atom. The van der Waals surface area contributed by atoms with Crippen molar-refractivity contribution < 1.29 is 13.5 Å². The minimum absolute atomic E-state index is 0.205. The summed E-state index contributed by atoms with van der Waals surface area (Å²) in [7, 11) is -1.91. The van der Waals surface area contributed by atoms with Crippen molar-refractivity contribution in [1.29, 1.82) is 0 Å². The van der Waals surface area contributed by atoms with Gasteiger partial charge < -0.3 is 20.3 Å². The number of hydrogen-bond donors (Lipinski definition) is 3. The number of hydrogen-bond acceptors (Lipinski definition) is 8. The van der Waals surface area contributed by atoms with E-state index in [0.717, 1.165) is 50.7 Å². The van der Waals surface area contributed by atoms with Crippen LogP contribution in [0.3, 0.4) is 0 Å². The van der Waals surface area contributed by atoms with Gasteiger partial charge in [-0.2, -0.15) is 9.97 Å². The third-order valence-electron chi connectivity index (χ3n) is 6.49. The molecule has 10 nitrogen and oxygen atoms in total. The Bertz CT molecular complexity index is 1240. The van der Waals surface area contributed by atoms with Crippen LogP contribution in [0.5, 0.6) is 0 Å². The van der Waals surface area contributed by atoms with Gasteiger partial charge in [-0.15, -0.1) is 0 Å². The molecule has 3 N–H and O–H groups in total. The average molecular weight is 502 g/mol. The third-order valence-corrected chi connectivity index (χ3v) is 8.36. The smallest absolute Gasteiger partial charge is 0.242 e. The van der Waals surface area contributed by atoms with E-state index in [9.17, 15) is 13.5 Å². The molecule has 1 aromatic carbocycles. The van der Waals surface area contributed by atoms with Crippen LogP contribution in [-0.4, -0.2) is 63.1 Å². The Labute approximate surface area is 206 Å². The number of aryl methyl sites for hydroxylation is 1. The minimum atomic E-state index is -3.53. The van der Waals surface area contributed by atoms with Gasteiger partial charge in [-0.1, -0.05) is 13.3 Å². The van der Waals surface area contributed by atoms with Gasteiger partial charge in [0.05, 0.1) is 17.3 Å². The number of sulfonamides is 1. The molecule has 0 spiro atoms. The summed E-state index contributed by atoms with van der Waals surface area (Å²) in [4.78, 5) is 14.2. The Balaban J connectivity index is 1.58. The van der Waals surface area contributed by atoms with Crippen LogP contribution in [0.4, 0.5) is 17.5 Å².